The van der Waals surface area contributed by atoms with Crippen LogP contribution in [0.2, 0.25) is 0 Å². The van der Waals surface area contributed by atoms with Gasteiger partial charge in [0.05, 0.1) is 25.9 Å². The van der Waals surface area contributed by atoms with Gasteiger partial charge in [0.2, 0.25) is 11.7 Å². The Kier molecular flexibility index (Phi) is 3.83. The molecule has 0 saturated carbocycles. The third kappa shape index (κ3) is 2.56. The molecule has 1 fully saturated rings. The van der Waals surface area contributed by atoms with Gasteiger partial charge in [0.1, 0.15) is 6.10 Å². The van der Waals surface area contributed by atoms with Crippen LogP contribution in [0.5, 0.6) is 0 Å². The number of hydrogen-bond acceptors (Lipinski definition) is 7. The van der Waals surface area contributed by atoms with Crippen LogP contribution in [0.3, 0.4) is 0 Å². The average Bonchev–Trinajstić information content (AvgIpc) is 2.80. The lowest BCUT2D eigenvalue weighted by Crippen LogP contribution is -2.23. The minimum Gasteiger partial charge on any atom is -0.396 e. The van der Waals surface area contributed by atoms with Crippen molar-refractivity contribution in [2.24, 2.45) is 5.73 Å². The van der Waals surface area contributed by atoms with Gasteiger partial charge < -0.3 is 24.8 Å². The molecule has 0 radical (unpaired) electrons. The van der Waals surface area contributed by atoms with Crippen LogP contribution in [0.1, 0.15) is 30.3 Å². The second kappa shape index (κ2) is 5.35. The van der Waals surface area contributed by atoms with Gasteiger partial charge in [-0.3, -0.25) is 0 Å². The number of aliphatic hydroxyl groups excluding tert-OH is 1. The van der Waals surface area contributed by atoms with Crippen molar-refractivity contribution in [1.82, 2.24) is 10.1 Å². The molecule has 0 aliphatic carbocycles. The third-order valence-electron chi connectivity index (χ3n) is 2.32. The maximum absolute atomic E-state index is 8.74. The van der Waals surface area contributed by atoms with E-state index in [1.807, 2.05) is 0 Å². The Hall–Kier alpha value is -1.02. The number of nitrogens with zero attached hydrogens (tertiary/aromatic N) is 2. The Morgan fingerprint density at radius 3 is 3.06 bits per heavy atom. The van der Waals surface area contributed by atoms with Crippen molar-refractivity contribution in [3.63, 3.8) is 0 Å². The highest BCUT2D eigenvalue weighted by Crippen LogP contribution is 2.20. The molecule has 0 amide bonds. The fourth-order valence-corrected chi connectivity index (χ4v) is 1.43. The van der Waals surface area contributed by atoms with E-state index < -0.39 is 6.04 Å². The first-order valence-corrected chi connectivity index (χ1v) is 5.20. The molecule has 1 saturated heterocycles. The second-order valence-corrected chi connectivity index (χ2v) is 3.54. The summed E-state index contributed by atoms with van der Waals surface area (Å²) < 4.78 is 15.7. The number of ether oxygens (including phenoxy) is 2. The van der Waals surface area contributed by atoms with E-state index in [0.29, 0.717) is 38.0 Å². The molecule has 90 valence electrons. The van der Waals surface area contributed by atoms with Crippen molar-refractivity contribution in [1.29, 1.82) is 0 Å². The monoisotopic (exact) mass is 229 g/mol. The number of rotatable bonds is 4. The molecule has 16 heavy (non-hydrogen) atoms. The first-order valence-electron chi connectivity index (χ1n) is 5.20. The van der Waals surface area contributed by atoms with Crippen molar-refractivity contribution in [3.8, 4) is 0 Å². The molecular weight excluding hydrogens is 214 g/mol. The van der Waals surface area contributed by atoms with E-state index in [4.69, 9.17) is 24.8 Å². The molecule has 0 bridgehead atoms. The zero-order valence-corrected chi connectivity index (χ0v) is 8.83. The van der Waals surface area contributed by atoms with Crippen molar-refractivity contribution in [2.75, 3.05) is 26.4 Å². The minimum atomic E-state index is -0.434. The maximum atomic E-state index is 8.74. The highest BCUT2D eigenvalue weighted by Gasteiger charge is 2.23. The van der Waals surface area contributed by atoms with Gasteiger partial charge in [-0.1, -0.05) is 5.16 Å². The van der Waals surface area contributed by atoms with E-state index in [1.54, 1.807) is 0 Å². The van der Waals surface area contributed by atoms with E-state index in [1.165, 1.54) is 0 Å². The summed E-state index contributed by atoms with van der Waals surface area (Å²) in [7, 11) is 0. The molecule has 1 aromatic heterocycles. The van der Waals surface area contributed by atoms with Crippen LogP contribution in [-0.4, -0.2) is 41.7 Å². The van der Waals surface area contributed by atoms with Crippen LogP contribution in [0.15, 0.2) is 4.52 Å². The normalized spacial score (nSPS) is 23.2. The Bertz CT molecular complexity index is 324. The average molecular weight is 229 g/mol. The Morgan fingerprint density at radius 1 is 1.50 bits per heavy atom. The summed E-state index contributed by atoms with van der Waals surface area (Å²) >= 11 is 0. The molecule has 2 atom stereocenters. The van der Waals surface area contributed by atoms with Crippen LogP contribution in [0, 0.1) is 0 Å². The van der Waals surface area contributed by atoms with Gasteiger partial charge in [-0.25, -0.2) is 0 Å². The molecule has 1 aliphatic rings. The number of hydrogen-bond donors (Lipinski definition) is 2. The largest absolute Gasteiger partial charge is 0.396 e. The summed E-state index contributed by atoms with van der Waals surface area (Å²) in [6, 6.07) is -0.434. The molecule has 0 spiro atoms. The number of nitrogens with two attached hydrogens (primary N) is 1. The van der Waals surface area contributed by atoms with E-state index in [-0.39, 0.29) is 12.7 Å². The molecule has 2 heterocycles. The van der Waals surface area contributed by atoms with Crippen LogP contribution in [0.25, 0.3) is 0 Å². The van der Waals surface area contributed by atoms with Gasteiger partial charge in [0, 0.05) is 6.61 Å². The van der Waals surface area contributed by atoms with Gasteiger partial charge in [-0.15, -0.1) is 0 Å². The zero-order chi connectivity index (χ0) is 11.4. The molecule has 7 heteroatoms. The predicted molar refractivity (Wildman–Crippen MR) is 52.4 cm³/mol. The van der Waals surface area contributed by atoms with Crippen molar-refractivity contribution in [3.05, 3.63) is 11.7 Å². The smallest absolute Gasteiger partial charge is 0.243 e. The Balaban J connectivity index is 2.00. The van der Waals surface area contributed by atoms with E-state index in [9.17, 15) is 0 Å². The van der Waals surface area contributed by atoms with Crippen LogP contribution >= 0.6 is 0 Å². The van der Waals surface area contributed by atoms with Crippen molar-refractivity contribution in [2.45, 2.75) is 18.6 Å². The predicted octanol–water partition coefficient (Wildman–Crippen LogP) is -0.460. The van der Waals surface area contributed by atoms with E-state index in [0.717, 1.165) is 0 Å². The van der Waals surface area contributed by atoms with Gasteiger partial charge in [-0.05, 0) is 6.42 Å². The first-order chi connectivity index (χ1) is 7.81. The molecule has 7 nitrogen and oxygen atoms in total. The van der Waals surface area contributed by atoms with Gasteiger partial charge in [0.25, 0.3) is 0 Å². The second-order valence-electron chi connectivity index (χ2n) is 3.54. The van der Waals surface area contributed by atoms with E-state index >= 15 is 0 Å². The summed E-state index contributed by atoms with van der Waals surface area (Å²) in [5.74, 6) is 0.765. The Labute approximate surface area is 92.5 Å². The highest BCUT2D eigenvalue weighted by atomic mass is 16.6. The molecule has 2 rings (SSSR count). The van der Waals surface area contributed by atoms with Crippen molar-refractivity contribution >= 4 is 0 Å². The zero-order valence-electron chi connectivity index (χ0n) is 8.83. The lowest BCUT2D eigenvalue weighted by molar-refractivity contribution is -0.0941. The maximum Gasteiger partial charge on any atom is 0.243 e. The third-order valence-corrected chi connectivity index (χ3v) is 2.32. The topological polar surface area (TPSA) is 104 Å². The quantitative estimate of drug-likeness (QED) is 0.719. The number of aliphatic hydroxyl groups is 1. The van der Waals surface area contributed by atoms with Gasteiger partial charge >= 0.3 is 0 Å². The van der Waals surface area contributed by atoms with Crippen LogP contribution < -0.4 is 5.73 Å². The highest BCUT2D eigenvalue weighted by molar-refractivity contribution is 4.95. The fraction of sp³-hybridized carbons (Fsp3) is 0.778. The lowest BCUT2D eigenvalue weighted by Gasteiger charge is -2.19. The summed E-state index contributed by atoms with van der Waals surface area (Å²) in [6.07, 6.45) is 0.108. The van der Waals surface area contributed by atoms with Gasteiger partial charge in [0.15, 0.2) is 0 Å². The summed E-state index contributed by atoms with van der Waals surface area (Å²) in [4.78, 5) is 4.13. The lowest BCUT2D eigenvalue weighted by atomic mass is 10.2. The SMILES string of the molecule is NC(CCO)c1nc(C2COCCO2)no1. The molecular formula is C9H15N3O4. The minimum absolute atomic E-state index is 0.0120. The number of aromatic nitrogens is 2. The van der Waals surface area contributed by atoms with Crippen LogP contribution in [-0.2, 0) is 9.47 Å². The van der Waals surface area contributed by atoms with E-state index in [2.05, 4.69) is 10.1 Å². The van der Waals surface area contributed by atoms with Crippen LogP contribution in [0.4, 0.5) is 0 Å². The molecule has 2 unspecified atom stereocenters. The Morgan fingerprint density at radius 2 is 2.38 bits per heavy atom. The standard InChI is InChI=1S/C9H15N3O4/c10-6(1-2-13)9-11-8(12-16-9)7-5-14-3-4-15-7/h6-7,13H,1-5,10H2. The summed E-state index contributed by atoms with van der Waals surface area (Å²) in [5, 5.41) is 12.5. The fourth-order valence-electron chi connectivity index (χ4n) is 1.43. The summed E-state index contributed by atoms with van der Waals surface area (Å²) in [5.41, 5.74) is 5.72. The van der Waals surface area contributed by atoms with Gasteiger partial charge in [-0.2, -0.15) is 4.98 Å². The first kappa shape index (κ1) is 11.5. The molecule has 1 aliphatic heterocycles. The molecule has 0 aromatic carbocycles. The van der Waals surface area contributed by atoms with Crippen molar-refractivity contribution < 1.29 is 19.1 Å². The molecule has 3 N–H and O–H groups in total. The summed E-state index contributed by atoms with van der Waals surface area (Å²) in [6.45, 7) is 1.53. The molecule has 1 aromatic rings.